The van der Waals surface area contributed by atoms with Crippen molar-refractivity contribution < 1.29 is 19.2 Å². The Balaban J connectivity index is 1.40. The second kappa shape index (κ2) is 6.67. The van der Waals surface area contributed by atoms with Crippen LogP contribution in [0.15, 0.2) is 24.3 Å². The summed E-state index contributed by atoms with van der Waals surface area (Å²) in [6.45, 7) is 2.28. The molecular weight excluding hydrogens is 366 g/mol. The number of nitrogens with zero attached hydrogens (tertiary/aromatic N) is 2. The highest BCUT2D eigenvalue weighted by Gasteiger charge is 2.52. The molecule has 27 heavy (non-hydrogen) atoms. The number of hydrogen-bond donors (Lipinski definition) is 1. The predicted octanol–water partition coefficient (Wildman–Crippen LogP) is 1.73. The molecule has 0 radical (unpaired) electrons. The predicted molar refractivity (Wildman–Crippen MR) is 101 cm³/mol. The Morgan fingerprint density at radius 1 is 1.11 bits per heavy atom. The molecule has 3 saturated heterocycles. The molecule has 142 valence electrons. The molecule has 0 spiro atoms. The highest BCUT2D eigenvalue weighted by molar-refractivity contribution is 8.01. The third-order valence-electron chi connectivity index (χ3n) is 5.46. The standard InChI is InChI=1S/C19H21N3O4S/c1-19-9-8-17(25)22(19)14(11-27-19)18(26)20-13-4-2-12(3-5-13)10-21-15(23)6-7-16(21)24/h2-5,14H,6-11H2,1H3,(H,20,26)/t14-,19+/m1/s1. The molecule has 0 bridgehead atoms. The van der Waals surface area contributed by atoms with Crippen LogP contribution < -0.4 is 5.32 Å². The van der Waals surface area contributed by atoms with Crippen LogP contribution in [0, 0.1) is 0 Å². The molecule has 0 unspecified atom stereocenters. The molecule has 4 amide bonds. The molecule has 0 aromatic heterocycles. The van der Waals surface area contributed by atoms with Gasteiger partial charge in [-0.3, -0.25) is 24.1 Å². The Labute approximate surface area is 161 Å². The Kier molecular flexibility index (Phi) is 4.46. The van der Waals surface area contributed by atoms with Crippen LogP contribution in [-0.4, -0.2) is 50.1 Å². The lowest BCUT2D eigenvalue weighted by Gasteiger charge is -2.29. The molecule has 1 aromatic carbocycles. The fourth-order valence-corrected chi connectivity index (χ4v) is 5.35. The lowest BCUT2D eigenvalue weighted by atomic mass is 10.1. The van der Waals surface area contributed by atoms with Crippen LogP contribution >= 0.6 is 11.8 Å². The first kappa shape index (κ1) is 18.0. The third kappa shape index (κ3) is 3.22. The fourth-order valence-electron chi connectivity index (χ4n) is 3.92. The normalized spacial score (nSPS) is 27.4. The van der Waals surface area contributed by atoms with Crippen molar-refractivity contribution in [3.63, 3.8) is 0 Å². The van der Waals surface area contributed by atoms with E-state index in [0.29, 0.717) is 17.9 Å². The van der Waals surface area contributed by atoms with E-state index in [9.17, 15) is 19.2 Å². The van der Waals surface area contributed by atoms with Gasteiger partial charge in [-0.2, -0.15) is 0 Å². The number of hydrogen-bond acceptors (Lipinski definition) is 5. The van der Waals surface area contributed by atoms with Gasteiger partial charge in [-0.15, -0.1) is 11.8 Å². The number of amides is 4. The second-order valence-electron chi connectivity index (χ2n) is 7.33. The summed E-state index contributed by atoms with van der Waals surface area (Å²) in [5.74, 6) is 0.173. The summed E-state index contributed by atoms with van der Waals surface area (Å²) < 4.78 is 0. The quantitative estimate of drug-likeness (QED) is 0.795. The van der Waals surface area contributed by atoms with Crippen LogP contribution in [0.25, 0.3) is 0 Å². The van der Waals surface area contributed by atoms with Crippen LogP contribution in [0.4, 0.5) is 5.69 Å². The van der Waals surface area contributed by atoms with Gasteiger partial charge in [-0.05, 0) is 31.0 Å². The van der Waals surface area contributed by atoms with Crippen molar-refractivity contribution in [2.45, 2.75) is 50.1 Å². The van der Waals surface area contributed by atoms with Gasteiger partial charge in [0, 0.05) is 30.7 Å². The Morgan fingerprint density at radius 3 is 2.44 bits per heavy atom. The van der Waals surface area contributed by atoms with E-state index in [-0.39, 0.29) is 47.9 Å². The Morgan fingerprint density at radius 2 is 1.78 bits per heavy atom. The van der Waals surface area contributed by atoms with Crippen molar-refractivity contribution in [3.8, 4) is 0 Å². The van der Waals surface area contributed by atoms with E-state index in [1.54, 1.807) is 40.9 Å². The van der Waals surface area contributed by atoms with Crippen molar-refractivity contribution in [1.29, 1.82) is 0 Å². The van der Waals surface area contributed by atoms with Gasteiger partial charge in [0.25, 0.3) is 0 Å². The van der Waals surface area contributed by atoms with Gasteiger partial charge in [-0.25, -0.2) is 0 Å². The summed E-state index contributed by atoms with van der Waals surface area (Å²) >= 11 is 1.66. The zero-order valence-electron chi connectivity index (χ0n) is 15.1. The maximum atomic E-state index is 12.7. The number of carbonyl (C=O) groups is 4. The van der Waals surface area contributed by atoms with E-state index in [2.05, 4.69) is 5.32 Å². The molecule has 7 nitrogen and oxygen atoms in total. The van der Waals surface area contributed by atoms with Crippen molar-refractivity contribution in [2.24, 2.45) is 0 Å². The largest absolute Gasteiger partial charge is 0.324 e. The number of carbonyl (C=O) groups excluding carboxylic acids is 4. The maximum Gasteiger partial charge on any atom is 0.248 e. The van der Waals surface area contributed by atoms with Crippen LogP contribution in [0.3, 0.4) is 0 Å². The van der Waals surface area contributed by atoms with Crippen molar-refractivity contribution in [2.75, 3.05) is 11.1 Å². The van der Waals surface area contributed by atoms with E-state index >= 15 is 0 Å². The average molecular weight is 387 g/mol. The van der Waals surface area contributed by atoms with Gasteiger partial charge < -0.3 is 10.2 Å². The highest BCUT2D eigenvalue weighted by Crippen LogP contribution is 2.47. The molecule has 3 aliphatic rings. The molecule has 3 fully saturated rings. The molecule has 1 aromatic rings. The molecule has 4 rings (SSSR count). The summed E-state index contributed by atoms with van der Waals surface area (Å²) in [6.07, 6.45) is 1.83. The number of fused-ring (bicyclic) bond motifs is 1. The Bertz CT molecular complexity index is 809. The van der Waals surface area contributed by atoms with E-state index in [4.69, 9.17) is 0 Å². The monoisotopic (exact) mass is 387 g/mol. The summed E-state index contributed by atoms with van der Waals surface area (Å²) in [6, 6.07) is 6.65. The minimum atomic E-state index is -0.450. The molecule has 3 aliphatic heterocycles. The minimum absolute atomic E-state index is 0.0398. The highest BCUT2D eigenvalue weighted by atomic mass is 32.2. The van der Waals surface area contributed by atoms with Gasteiger partial charge >= 0.3 is 0 Å². The summed E-state index contributed by atoms with van der Waals surface area (Å²) in [4.78, 5) is 51.0. The molecule has 0 aliphatic carbocycles. The number of anilines is 1. The number of likely N-dealkylation sites (tertiary alicyclic amines) is 1. The van der Waals surface area contributed by atoms with Crippen molar-refractivity contribution >= 4 is 41.1 Å². The third-order valence-corrected chi connectivity index (χ3v) is 6.97. The molecule has 2 atom stereocenters. The first-order valence-corrected chi connectivity index (χ1v) is 10.0. The van der Waals surface area contributed by atoms with Gasteiger partial charge in [0.05, 0.1) is 11.4 Å². The van der Waals surface area contributed by atoms with Crippen LogP contribution in [0.2, 0.25) is 0 Å². The van der Waals surface area contributed by atoms with Gasteiger partial charge in [0.1, 0.15) is 6.04 Å². The van der Waals surface area contributed by atoms with Gasteiger partial charge in [0.15, 0.2) is 0 Å². The lowest BCUT2D eigenvalue weighted by Crippen LogP contribution is -2.48. The number of thioether (sulfide) groups is 1. The molecular formula is C19H21N3O4S. The van der Waals surface area contributed by atoms with E-state index < -0.39 is 6.04 Å². The number of imide groups is 1. The number of nitrogens with one attached hydrogen (secondary N) is 1. The van der Waals surface area contributed by atoms with E-state index in [0.717, 1.165) is 12.0 Å². The molecule has 1 N–H and O–H groups in total. The maximum absolute atomic E-state index is 12.7. The molecule has 3 heterocycles. The SMILES string of the molecule is C[C@]12CCC(=O)N1[C@@H](C(=O)Nc1ccc(CN3C(=O)CCC3=O)cc1)CS2. The summed E-state index contributed by atoms with van der Waals surface area (Å²) in [5.41, 5.74) is 1.46. The molecule has 0 saturated carbocycles. The van der Waals surface area contributed by atoms with Crippen molar-refractivity contribution in [1.82, 2.24) is 9.80 Å². The zero-order chi connectivity index (χ0) is 19.2. The van der Waals surface area contributed by atoms with Gasteiger partial charge in [0.2, 0.25) is 23.6 Å². The summed E-state index contributed by atoms with van der Waals surface area (Å²) in [7, 11) is 0. The first-order valence-electron chi connectivity index (χ1n) is 9.06. The van der Waals surface area contributed by atoms with E-state index in [1.165, 1.54) is 4.90 Å². The van der Waals surface area contributed by atoms with Gasteiger partial charge in [-0.1, -0.05) is 12.1 Å². The van der Waals surface area contributed by atoms with E-state index in [1.807, 2.05) is 6.92 Å². The van der Waals surface area contributed by atoms with Crippen LogP contribution in [0.1, 0.15) is 38.2 Å². The second-order valence-corrected chi connectivity index (χ2v) is 8.83. The topological polar surface area (TPSA) is 86.8 Å². The number of benzene rings is 1. The smallest absolute Gasteiger partial charge is 0.248 e. The molecule has 8 heteroatoms. The van der Waals surface area contributed by atoms with Crippen molar-refractivity contribution in [3.05, 3.63) is 29.8 Å². The minimum Gasteiger partial charge on any atom is -0.324 e. The fraction of sp³-hybridized carbons (Fsp3) is 0.474. The lowest BCUT2D eigenvalue weighted by molar-refractivity contribution is -0.139. The van der Waals surface area contributed by atoms with Crippen LogP contribution in [0.5, 0.6) is 0 Å². The van der Waals surface area contributed by atoms with Crippen LogP contribution in [-0.2, 0) is 25.7 Å². The Hall–Kier alpha value is -2.35. The average Bonchev–Trinajstić information content (AvgIpc) is 3.25. The number of rotatable bonds is 4. The summed E-state index contributed by atoms with van der Waals surface area (Å²) in [5, 5.41) is 2.88. The first-order chi connectivity index (χ1) is 12.9. The zero-order valence-corrected chi connectivity index (χ0v) is 15.9.